The largest absolute Gasteiger partial charge is 0.368 e. The first-order valence-corrected chi connectivity index (χ1v) is 10.9. The molecule has 1 aromatic heterocycles. The van der Waals surface area contributed by atoms with Crippen molar-refractivity contribution in [1.29, 1.82) is 0 Å². The van der Waals surface area contributed by atoms with Gasteiger partial charge < -0.3 is 9.80 Å². The van der Waals surface area contributed by atoms with E-state index in [0.29, 0.717) is 6.54 Å². The summed E-state index contributed by atoms with van der Waals surface area (Å²) < 4.78 is 1.95. The van der Waals surface area contributed by atoms with Crippen LogP contribution in [0, 0.1) is 0 Å². The number of anilines is 1. The van der Waals surface area contributed by atoms with Crippen molar-refractivity contribution in [3.8, 4) is 0 Å². The predicted octanol–water partition coefficient (Wildman–Crippen LogP) is 3.10. The number of aromatic nitrogens is 2. The van der Waals surface area contributed by atoms with E-state index >= 15 is 0 Å². The number of nitrogens with zero attached hydrogens (tertiary/aromatic N) is 5. The van der Waals surface area contributed by atoms with E-state index in [0.717, 1.165) is 38.3 Å². The van der Waals surface area contributed by atoms with Gasteiger partial charge in [0.1, 0.15) is 0 Å². The number of benzene rings is 2. The Kier molecular flexibility index (Phi) is 6.67. The number of para-hydroxylation sites is 1. The zero-order valence-electron chi connectivity index (χ0n) is 18.4. The normalized spacial score (nSPS) is 15.3. The lowest BCUT2D eigenvalue weighted by molar-refractivity contribution is -0.136. The van der Waals surface area contributed by atoms with E-state index in [4.69, 9.17) is 0 Å². The fraction of sp³-hybridized carbons (Fsp3) is 0.360. The molecular weight excluding hydrogens is 386 g/mol. The summed E-state index contributed by atoms with van der Waals surface area (Å²) in [6.45, 7) is 6.73. The predicted molar refractivity (Wildman–Crippen MR) is 124 cm³/mol. The van der Waals surface area contributed by atoms with Crippen molar-refractivity contribution in [2.24, 2.45) is 0 Å². The summed E-state index contributed by atoms with van der Waals surface area (Å²) in [5.41, 5.74) is 3.57. The van der Waals surface area contributed by atoms with E-state index in [1.165, 1.54) is 11.3 Å². The minimum Gasteiger partial charge on any atom is -0.368 e. The average molecular weight is 418 g/mol. The van der Waals surface area contributed by atoms with Crippen LogP contribution in [-0.4, -0.2) is 64.8 Å². The highest BCUT2D eigenvalue weighted by Crippen LogP contribution is 2.17. The van der Waals surface area contributed by atoms with Crippen LogP contribution in [0.1, 0.15) is 18.1 Å². The maximum Gasteiger partial charge on any atom is 0.239 e. The minimum absolute atomic E-state index is 0.166. The number of carbonyl (C=O) groups excluding carboxylic acids is 1. The van der Waals surface area contributed by atoms with Gasteiger partial charge in [0.25, 0.3) is 0 Å². The molecule has 0 saturated carbocycles. The van der Waals surface area contributed by atoms with E-state index < -0.39 is 0 Å². The van der Waals surface area contributed by atoms with Gasteiger partial charge in [0.2, 0.25) is 5.91 Å². The third-order valence-corrected chi connectivity index (χ3v) is 6.04. The van der Waals surface area contributed by atoms with E-state index in [1.54, 1.807) is 0 Å². The molecule has 2 aromatic carbocycles. The number of carbonyl (C=O) groups is 1. The van der Waals surface area contributed by atoms with Crippen molar-refractivity contribution in [3.63, 3.8) is 0 Å². The molecule has 0 spiro atoms. The third kappa shape index (κ3) is 5.33. The lowest BCUT2D eigenvalue weighted by atomic mass is 10.2. The Bertz CT molecular complexity index is 964. The third-order valence-electron chi connectivity index (χ3n) is 6.04. The molecule has 6 nitrogen and oxygen atoms in total. The molecule has 31 heavy (non-hydrogen) atoms. The fourth-order valence-corrected chi connectivity index (χ4v) is 4.05. The number of amides is 1. The first-order chi connectivity index (χ1) is 15.1. The second-order valence-electron chi connectivity index (χ2n) is 8.27. The van der Waals surface area contributed by atoms with Crippen molar-refractivity contribution >= 4 is 11.6 Å². The summed E-state index contributed by atoms with van der Waals surface area (Å²) in [5, 5.41) is 4.48. The van der Waals surface area contributed by atoms with Gasteiger partial charge in [0, 0.05) is 50.2 Å². The summed E-state index contributed by atoms with van der Waals surface area (Å²) in [7, 11) is 2.01. The van der Waals surface area contributed by atoms with Crippen molar-refractivity contribution in [2.45, 2.75) is 26.1 Å². The van der Waals surface area contributed by atoms with Gasteiger partial charge in [-0.15, -0.1) is 0 Å². The van der Waals surface area contributed by atoms with Crippen molar-refractivity contribution < 1.29 is 4.79 Å². The molecule has 1 fully saturated rings. The Labute approximate surface area is 184 Å². The highest BCUT2D eigenvalue weighted by Gasteiger charge is 2.27. The summed E-state index contributed by atoms with van der Waals surface area (Å²) >= 11 is 0. The Morgan fingerprint density at radius 2 is 1.61 bits per heavy atom. The van der Waals surface area contributed by atoms with E-state index in [1.807, 2.05) is 54.0 Å². The van der Waals surface area contributed by atoms with Crippen molar-refractivity contribution in [3.05, 3.63) is 84.2 Å². The number of hydrogen-bond donors (Lipinski definition) is 0. The second kappa shape index (κ2) is 9.79. The first-order valence-electron chi connectivity index (χ1n) is 10.9. The van der Waals surface area contributed by atoms with Crippen LogP contribution in [0.5, 0.6) is 0 Å². The number of hydrogen-bond acceptors (Lipinski definition) is 4. The number of rotatable bonds is 7. The molecule has 0 aliphatic carbocycles. The van der Waals surface area contributed by atoms with Gasteiger partial charge in [0.05, 0.1) is 18.8 Å². The first kappa shape index (κ1) is 21.1. The van der Waals surface area contributed by atoms with E-state index in [9.17, 15) is 4.79 Å². The monoisotopic (exact) mass is 417 g/mol. The van der Waals surface area contributed by atoms with Gasteiger partial charge in [-0.3, -0.25) is 14.4 Å². The minimum atomic E-state index is -0.166. The molecule has 2 heterocycles. The van der Waals surface area contributed by atoms with Crippen LogP contribution in [0.15, 0.2) is 73.1 Å². The second-order valence-corrected chi connectivity index (χ2v) is 8.27. The van der Waals surface area contributed by atoms with Crippen LogP contribution < -0.4 is 4.90 Å². The lowest BCUT2D eigenvalue weighted by Crippen LogP contribution is -2.53. The Balaban J connectivity index is 1.28. The molecule has 4 rings (SSSR count). The summed E-state index contributed by atoms with van der Waals surface area (Å²) in [6.07, 6.45) is 3.97. The highest BCUT2D eigenvalue weighted by atomic mass is 16.2. The lowest BCUT2D eigenvalue weighted by Gasteiger charge is -2.38. The highest BCUT2D eigenvalue weighted by molar-refractivity contribution is 5.81. The Hall–Kier alpha value is -3.12. The molecule has 1 aliphatic rings. The van der Waals surface area contributed by atoms with Gasteiger partial charge in [-0.1, -0.05) is 48.5 Å². The van der Waals surface area contributed by atoms with Crippen molar-refractivity contribution in [2.75, 3.05) is 38.1 Å². The summed E-state index contributed by atoms with van der Waals surface area (Å²) in [6, 6.07) is 20.6. The standard InChI is InChI=1S/C25H31N5O/c1-21(25(31)29-15-13-28(14-16-29)24-11-7-4-8-12-24)27(2)18-23-17-26-30(20-23)19-22-9-5-3-6-10-22/h3-12,17,20-21H,13-16,18-19H2,1-2H3/t21-/m0/s1. The molecule has 6 heteroatoms. The summed E-state index contributed by atoms with van der Waals surface area (Å²) in [4.78, 5) is 19.5. The number of piperazine rings is 1. The van der Waals surface area contributed by atoms with E-state index in [-0.39, 0.29) is 11.9 Å². The maximum atomic E-state index is 13.1. The molecule has 0 unspecified atom stereocenters. The van der Waals surface area contributed by atoms with Crippen molar-refractivity contribution in [1.82, 2.24) is 19.6 Å². The van der Waals surface area contributed by atoms with E-state index in [2.05, 4.69) is 57.5 Å². The smallest absolute Gasteiger partial charge is 0.239 e. The molecule has 0 N–H and O–H groups in total. The molecule has 0 radical (unpaired) electrons. The molecule has 1 amide bonds. The average Bonchev–Trinajstić information content (AvgIpc) is 3.26. The fourth-order valence-electron chi connectivity index (χ4n) is 4.05. The van der Waals surface area contributed by atoms with Gasteiger partial charge >= 0.3 is 0 Å². The number of likely N-dealkylation sites (N-methyl/N-ethyl adjacent to an activating group) is 1. The van der Waals surface area contributed by atoms with Gasteiger partial charge in [-0.25, -0.2) is 0 Å². The Morgan fingerprint density at radius 3 is 2.29 bits per heavy atom. The van der Waals surface area contributed by atoms with Crippen LogP contribution in [0.3, 0.4) is 0 Å². The molecule has 0 bridgehead atoms. The maximum absolute atomic E-state index is 13.1. The zero-order chi connectivity index (χ0) is 21.6. The molecule has 1 aliphatic heterocycles. The van der Waals surface area contributed by atoms with Gasteiger partial charge in [-0.05, 0) is 31.7 Å². The Morgan fingerprint density at radius 1 is 0.968 bits per heavy atom. The van der Waals surface area contributed by atoms with Crippen LogP contribution in [-0.2, 0) is 17.9 Å². The molecule has 162 valence electrons. The van der Waals surface area contributed by atoms with Gasteiger partial charge in [0.15, 0.2) is 0 Å². The molecular formula is C25H31N5O. The van der Waals surface area contributed by atoms with Crippen LogP contribution in [0.25, 0.3) is 0 Å². The molecule has 1 saturated heterocycles. The van der Waals surface area contributed by atoms with Gasteiger partial charge in [-0.2, -0.15) is 5.10 Å². The summed E-state index contributed by atoms with van der Waals surface area (Å²) in [5.74, 6) is 0.201. The quantitative estimate of drug-likeness (QED) is 0.593. The topological polar surface area (TPSA) is 44.6 Å². The van der Waals surface area contributed by atoms with Crippen LogP contribution >= 0.6 is 0 Å². The van der Waals surface area contributed by atoms with Crippen LogP contribution in [0.2, 0.25) is 0 Å². The molecule has 3 aromatic rings. The zero-order valence-corrected chi connectivity index (χ0v) is 18.4. The van der Waals surface area contributed by atoms with Crippen LogP contribution in [0.4, 0.5) is 5.69 Å². The molecule has 1 atom stereocenters. The SMILES string of the molecule is C[C@@H](C(=O)N1CCN(c2ccccc2)CC1)N(C)Cc1cnn(Cc2ccccc2)c1.